The maximum atomic E-state index is 17.9. The second kappa shape index (κ2) is 22.5. The van der Waals surface area contributed by atoms with Gasteiger partial charge in [0.1, 0.15) is 5.69 Å². The van der Waals surface area contributed by atoms with Gasteiger partial charge in [0.05, 0.1) is 22.9 Å². The lowest BCUT2D eigenvalue weighted by atomic mass is 9.98. The van der Waals surface area contributed by atoms with Crippen molar-refractivity contribution < 1.29 is 13.7 Å². The molecule has 6 heterocycles. The fraction of sp³-hybridized carbons (Fsp3) is 0. The predicted molar refractivity (Wildman–Crippen MR) is 405 cm³/mol. The highest BCUT2D eigenvalue weighted by molar-refractivity contribution is 7.88. The number of rotatable bonds is 12. The topological polar surface area (TPSA) is 91.6 Å². The Bertz CT molecular complexity index is 5800. The molecule has 0 N–H and O–H groups in total. The Hall–Kier alpha value is -11.7. The van der Waals surface area contributed by atoms with Crippen LogP contribution in [0.25, 0.3) is 61.7 Å². The van der Waals surface area contributed by atoms with Crippen molar-refractivity contribution in [3.8, 4) is 61.7 Å². The lowest BCUT2D eigenvalue weighted by Crippen LogP contribution is -2.34. The molecule has 15 aromatic rings. The molecule has 0 spiro atoms. The number of hydrogen-bond donors (Lipinski definition) is 0. The SMILES string of the molecule is O=P1(c2ccccc2)c2cc(N(c3ccccc3)c3ccccc3)ccc2-c2cc3c(cc21)-c1ccc(N(c2ccccc2)c2ccccc2)cc1P3(=O)c1cccc(-c2ccc3c(c2)-c2cccc4c2P3(=O)c2cc(-c3nccn3-c3ccccc3)ncc2N4c2ccccc2)c1. The summed E-state index contributed by atoms with van der Waals surface area (Å²) >= 11 is 0. The summed E-state index contributed by atoms with van der Waals surface area (Å²) in [7, 11) is -11.1. The number of aromatic nitrogens is 3. The van der Waals surface area contributed by atoms with Gasteiger partial charge in [-0.15, -0.1) is 0 Å². The van der Waals surface area contributed by atoms with Gasteiger partial charge >= 0.3 is 0 Å². The van der Waals surface area contributed by atoms with Crippen LogP contribution in [0.4, 0.5) is 51.2 Å². The van der Waals surface area contributed by atoms with E-state index in [4.69, 9.17) is 9.97 Å². The molecule has 0 saturated carbocycles. The van der Waals surface area contributed by atoms with Gasteiger partial charge in [-0.2, -0.15) is 0 Å². The Kier molecular flexibility index (Phi) is 13.2. The molecular weight excluding hydrogens is 1260 g/mol. The van der Waals surface area contributed by atoms with Crippen LogP contribution >= 0.6 is 21.4 Å². The number of nitrogens with zero attached hydrogens (tertiary/aromatic N) is 6. The van der Waals surface area contributed by atoms with Crippen molar-refractivity contribution in [3.05, 3.63) is 346 Å². The summed E-state index contributed by atoms with van der Waals surface area (Å²) in [6.07, 6.45) is 5.57. The van der Waals surface area contributed by atoms with E-state index < -0.39 is 21.4 Å². The lowest BCUT2D eigenvalue weighted by molar-refractivity contribution is 0.592. The molecule has 0 fully saturated rings. The Morgan fingerprint density at radius 2 is 0.765 bits per heavy atom. The molecule has 3 atom stereocenters. The molecule has 0 aliphatic carbocycles. The van der Waals surface area contributed by atoms with Gasteiger partial charge in [0.2, 0.25) is 0 Å². The van der Waals surface area contributed by atoms with Gasteiger partial charge in [0.25, 0.3) is 0 Å². The predicted octanol–water partition coefficient (Wildman–Crippen LogP) is 18.2. The Labute approximate surface area is 567 Å². The third-order valence-electron chi connectivity index (χ3n) is 19.8. The first-order valence-electron chi connectivity index (χ1n) is 32.7. The van der Waals surface area contributed by atoms with Crippen LogP contribution in [0.1, 0.15) is 0 Å². The fourth-order valence-corrected chi connectivity index (χ4v) is 25.0. The zero-order valence-corrected chi connectivity index (χ0v) is 55.3. The number of fused-ring (bicyclic) bond motifs is 11. The van der Waals surface area contributed by atoms with Crippen LogP contribution in [0, 0.1) is 0 Å². The summed E-state index contributed by atoms with van der Waals surface area (Å²) < 4.78 is 54.1. The molecule has 4 aliphatic heterocycles. The van der Waals surface area contributed by atoms with Gasteiger partial charge < -0.3 is 28.4 Å². The van der Waals surface area contributed by atoms with E-state index in [1.807, 2.05) is 187 Å². The van der Waals surface area contributed by atoms with Crippen LogP contribution in [-0.2, 0) is 13.7 Å². The van der Waals surface area contributed by atoms with Gasteiger partial charge in [-0.1, -0.05) is 188 Å². The van der Waals surface area contributed by atoms with E-state index in [0.29, 0.717) is 32.7 Å². The quantitative estimate of drug-likeness (QED) is 0.112. The molecule has 19 rings (SSSR count). The molecule has 464 valence electrons. The molecule has 0 bridgehead atoms. The minimum Gasteiger partial charge on any atom is -0.310 e. The van der Waals surface area contributed by atoms with Gasteiger partial charge in [-0.25, -0.2) is 4.98 Å². The van der Waals surface area contributed by atoms with E-state index in [1.165, 1.54) is 0 Å². The average molecular weight is 1320 g/mol. The zero-order chi connectivity index (χ0) is 65.3. The molecule has 9 nitrogen and oxygen atoms in total. The molecule has 2 aromatic heterocycles. The van der Waals surface area contributed by atoms with Crippen LogP contribution in [0.2, 0.25) is 0 Å². The second-order valence-electron chi connectivity index (χ2n) is 25.1. The van der Waals surface area contributed by atoms with E-state index in [2.05, 4.69) is 172 Å². The number of imidazole rings is 1. The lowest BCUT2D eigenvalue weighted by Gasteiger charge is -2.36. The minimum atomic E-state index is -3.86. The van der Waals surface area contributed by atoms with E-state index >= 15 is 13.7 Å². The van der Waals surface area contributed by atoms with Crippen molar-refractivity contribution in [3.63, 3.8) is 0 Å². The Morgan fingerprint density at radius 1 is 0.296 bits per heavy atom. The number of anilines is 9. The van der Waals surface area contributed by atoms with Gasteiger partial charge in [0, 0.05) is 100 Å². The molecule has 98 heavy (non-hydrogen) atoms. The summed E-state index contributed by atoms with van der Waals surface area (Å²) in [5.41, 5.74) is 16.4. The number of pyridine rings is 1. The van der Waals surface area contributed by atoms with Crippen LogP contribution in [0.3, 0.4) is 0 Å². The largest absolute Gasteiger partial charge is 0.310 e. The molecule has 0 radical (unpaired) electrons. The normalized spacial score (nSPS) is 17.0. The highest BCUT2D eigenvalue weighted by Crippen LogP contribution is 2.62. The van der Waals surface area contributed by atoms with Crippen molar-refractivity contribution in [2.75, 3.05) is 14.7 Å². The summed E-state index contributed by atoms with van der Waals surface area (Å²) in [5.74, 6) is 0.642. The minimum absolute atomic E-state index is 0.607. The molecule has 12 heteroatoms. The molecule has 0 amide bonds. The van der Waals surface area contributed by atoms with Crippen LogP contribution in [-0.4, -0.2) is 14.5 Å². The number of hydrogen-bond acceptors (Lipinski definition) is 8. The third kappa shape index (κ3) is 8.64. The van der Waals surface area contributed by atoms with Gasteiger partial charge in [-0.05, 0) is 184 Å². The summed E-state index contributed by atoms with van der Waals surface area (Å²) in [5, 5.41) is 6.45. The maximum absolute atomic E-state index is 17.9. The molecular formula is C86H57N6O3P3. The molecule has 4 aliphatic rings. The first kappa shape index (κ1) is 57.7. The monoisotopic (exact) mass is 1310 g/mol. The van der Waals surface area contributed by atoms with E-state index in [-0.39, 0.29) is 0 Å². The summed E-state index contributed by atoms with van der Waals surface area (Å²) in [6, 6.07) is 111. The van der Waals surface area contributed by atoms with Crippen molar-refractivity contribution in [2.45, 2.75) is 0 Å². The second-order valence-corrected chi connectivity index (χ2v) is 33.1. The molecule has 13 aromatic carbocycles. The third-order valence-corrected chi connectivity index (χ3v) is 29.2. The van der Waals surface area contributed by atoms with E-state index in [0.717, 1.165) is 128 Å². The highest BCUT2D eigenvalue weighted by Gasteiger charge is 2.50. The van der Waals surface area contributed by atoms with E-state index in [9.17, 15) is 0 Å². The van der Waals surface area contributed by atoms with Crippen molar-refractivity contribution in [1.29, 1.82) is 0 Å². The first-order chi connectivity index (χ1) is 48.2. The zero-order valence-electron chi connectivity index (χ0n) is 52.7. The van der Waals surface area contributed by atoms with Crippen LogP contribution in [0.5, 0.6) is 0 Å². The molecule has 3 unspecified atom stereocenters. The smallest absolute Gasteiger partial charge is 0.176 e. The van der Waals surface area contributed by atoms with Crippen LogP contribution < -0.4 is 62.4 Å². The van der Waals surface area contributed by atoms with Gasteiger partial charge in [-0.3, -0.25) is 9.55 Å². The Morgan fingerprint density at radius 3 is 1.33 bits per heavy atom. The van der Waals surface area contributed by atoms with Crippen molar-refractivity contribution in [2.24, 2.45) is 0 Å². The standard InChI is InChI=1S/C86H57N6O3P3/c93-96(68-37-20-7-21-38-68)80-52-66(90(61-27-10-2-11-28-61)62-29-12-3-13-30-62)43-45-70(80)74-55-83-75(54-82(74)96)71-46-44-67(91(63-31-14-4-15-32-63)64-33-16-5-17-34-64)53-81(71)97(83,94)69-39-22-24-58(50-69)59-42-47-79-73(51-59)72-40-23-41-77-85(72)98(79,95)84-56-76(86-87-48-49-89(86)60-25-8-1-9-26-60)88-57-78(84)92(77)65-35-18-6-19-36-65/h1-57H. The summed E-state index contributed by atoms with van der Waals surface area (Å²) in [4.78, 5) is 16.6. The average Bonchev–Trinajstić information content (AvgIpc) is 1.51. The highest BCUT2D eigenvalue weighted by atomic mass is 31.2. The van der Waals surface area contributed by atoms with Crippen LogP contribution in [0.15, 0.2) is 346 Å². The van der Waals surface area contributed by atoms with Crippen molar-refractivity contribution >= 4 is 120 Å². The fourth-order valence-electron chi connectivity index (χ4n) is 15.5. The maximum Gasteiger partial charge on any atom is 0.176 e. The molecule has 0 saturated heterocycles. The summed E-state index contributed by atoms with van der Waals surface area (Å²) in [6.45, 7) is 0. The Balaban J connectivity index is 0.794. The number of benzene rings is 13. The first-order valence-corrected chi connectivity index (χ1v) is 37.9. The number of para-hydroxylation sites is 6. The van der Waals surface area contributed by atoms with E-state index in [1.54, 1.807) is 6.20 Å². The van der Waals surface area contributed by atoms with Crippen molar-refractivity contribution in [1.82, 2.24) is 14.5 Å². The van der Waals surface area contributed by atoms with Gasteiger partial charge in [0.15, 0.2) is 27.3 Å².